The van der Waals surface area contributed by atoms with Crippen LogP contribution in [0.3, 0.4) is 0 Å². The van der Waals surface area contributed by atoms with Crippen molar-refractivity contribution in [2.45, 2.75) is 18.7 Å². The molecular formula is C17H16FN3O2S2. The Labute approximate surface area is 152 Å². The monoisotopic (exact) mass is 377 g/mol. The lowest BCUT2D eigenvalue weighted by Gasteiger charge is -2.18. The number of halogens is 1. The van der Waals surface area contributed by atoms with Crippen molar-refractivity contribution in [2.75, 3.05) is 5.75 Å². The minimum atomic E-state index is -0.300. The normalized spacial score (nSPS) is 12.1. The number of benzene rings is 1. The van der Waals surface area contributed by atoms with E-state index in [0.29, 0.717) is 17.5 Å². The molecule has 1 unspecified atom stereocenters. The topological polar surface area (TPSA) is 68.0 Å². The smallest absolute Gasteiger partial charge is 0.230 e. The highest BCUT2D eigenvalue weighted by Crippen LogP contribution is 2.26. The van der Waals surface area contributed by atoms with Crippen LogP contribution in [0.1, 0.15) is 28.2 Å². The Kier molecular flexibility index (Phi) is 5.83. The molecule has 1 amide bonds. The fourth-order valence-corrected chi connectivity index (χ4v) is 3.74. The first-order valence-electron chi connectivity index (χ1n) is 7.57. The standard InChI is InChI=1S/C17H16FN3O2S2/c1-11-19-15(21-23-11)9-24-10-16(22)20-17(14-3-2-8-25-14)12-4-6-13(18)7-5-12/h2-8,17H,9-10H2,1H3,(H,20,22). The van der Waals surface area contributed by atoms with Crippen LogP contribution in [0.4, 0.5) is 4.39 Å². The van der Waals surface area contributed by atoms with E-state index in [1.165, 1.54) is 23.9 Å². The van der Waals surface area contributed by atoms with Crippen molar-refractivity contribution in [3.63, 3.8) is 0 Å². The number of aromatic nitrogens is 2. The van der Waals surface area contributed by atoms with E-state index in [4.69, 9.17) is 4.52 Å². The third-order valence-electron chi connectivity index (χ3n) is 3.37. The van der Waals surface area contributed by atoms with E-state index in [2.05, 4.69) is 15.5 Å². The number of carbonyl (C=O) groups excluding carboxylic acids is 1. The van der Waals surface area contributed by atoms with E-state index in [1.807, 2.05) is 17.5 Å². The number of thioether (sulfide) groups is 1. The maximum absolute atomic E-state index is 13.2. The second-order valence-corrected chi connectivity index (χ2v) is 7.25. The maximum Gasteiger partial charge on any atom is 0.230 e. The molecule has 1 atom stereocenters. The van der Waals surface area contributed by atoms with Gasteiger partial charge in [-0.2, -0.15) is 4.98 Å². The Morgan fingerprint density at radius 3 is 2.80 bits per heavy atom. The molecule has 8 heteroatoms. The Morgan fingerprint density at radius 1 is 1.36 bits per heavy atom. The molecule has 0 aliphatic heterocycles. The summed E-state index contributed by atoms with van der Waals surface area (Å²) in [6, 6.07) is 9.76. The summed E-state index contributed by atoms with van der Waals surface area (Å²) in [4.78, 5) is 17.4. The largest absolute Gasteiger partial charge is 0.344 e. The van der Waals surface area contributed by atoms with E-state index in [0.717, 1.165) is 10.4 Å². The molecular weight excluding hydrogens is 361 g/mol. The van der Waals surface area contributed by atoms with Crippen LogP contribution in [0.2, 0.25) is 0 Å². The third-order valence-corrected chi connectivity index (χ3v) is 5.24. The van der Waals surface area contributed by atoms with Crippen LogP contribution >= 0.6 is 23.1 Å². The van der Waals surface area contributed by atoms with Crippen molar-refractivity contribution in [3.8, 4) is 0 Å². The maximum atomic E-state index is 13.2. The lowest BCUT2D eigenvalue weighted by molar-refractivity contribution is -0.119. The molecule has 5 nitrogen and oxygen atoms in total. The minimum absolute atomic E-state index is 0.104. The van der Waals surface area contributed by atoms with Crippen molar-refractivity contribution in [3.05, 3.63) is 69.8 Å². The highest BCUT2D eigenvalue weighted by Gasteiger charge is 2.18. The molecule has 2 heterocycles. The van der Waals surface area contributed by atoms with Gasteiger partial charge >= 0.3 is 0 Å². The van der Waals surface area contributed by atoms with Crippen molar-refractivity contribution in [1.82, 2.24) is 15.5 Å². The van der Waals surface area contributed by atoms with Crippen molar-refractivity contribution < 1.29 is 13.7 Å². The van der Waals surface area contributed by atoms with Gasteiger partial charge in [0.1, 0.15) is 5.82 Å². The molecule has 3 rings (SSSR count). The average Bonchev–Trinajstić information content (AvgIpc) is 3.25. The molecule has 0 spiro atoms. The number of hydrogen-bond donors (Lipinski definition) is 1. The van der Waals surface area contributed by atoms with Crippen molar-refractivity contribution >= 4 is 29.0 Å². The lowest BCUT2D eigenvalue weighted by atomic mass is 10.1. The summed E-state index contributed by atoms with van der Waals surface area (Å²) < 4.78 is 18.1. The summed E-state index contributed by atoms with van der Waals surface area (Å²) in [6.07, 6.45) is 0. The number of amides is 1. The van der Waals surface area contributed by atoms with Gasteiger partial charge in [-0.3, -0.25) is 4.79 Å². The molecule has 0 aliphatic rings. The molecule has 0 saturated carbocycles. The first kappa shape index (κ1) is 17.6. The zero-order valence-electron chi connectivity index (χ0n) is 13.4. The van der Waals surface area contributed by atoms with Crippen LogP contribution < -0.4 is 5.32 Å². The van der Waals surface area contributed by atoms with Gasteiger partial charge < -0.3 is 9.84 Å². The first-order valence-corrected chi connectivity index (χ1v) is 9.60. The fraction of sp³-hybridized carbons (Fsp3) is 0.235. The van der Waals surface area contributed by atoms with Crippen LogP contribution in [0.5, 0.6) is 0 Å². The zero-order valence-corrected chi connectivity index (χ0v) is 15.1. The van der Waals surface area contributed by atoms with Gasteiger partial charge in [-0.25, -0.2) is 4.39 Å². The van der Waals surface area contributed by atoms with Crippen LogP contribution in [-0.4, -0.2) is 21.8 Å². The number of nitrogens with zero attached hydrogens (tertiary/aromatic N) is 2. The summed E-state index contributed by atoms with van der Waals surface area (Å²) in [6.45, 7) is 1.72. The van der Waals surface area contributed by atoms with E-state index in [-0.39, 0.29) is 23.5 Å². The number of rotatable bonds is 7. The van der Waals surface area contributed by atoms with Crippen LogP contribution in [0.25, 0.3) is 0 Å². The molecule has 0 saturated heterocycles. The van der Waals surface area contributed by atoms with Crippen molar-refractivity contribution in [2.24, 2.45) is 0 Å². The zero-order chi connectivity index (χ0) is 17.6. The molecule has 0 fully saturated rings. The summed E-state index contributed by atoms with van der Waals surface area (Å²) in [5.41, 5.74) is 0.844. The van der Waals surface area contributed by atoms with Gasteiger partial charge in [-0.05, 0) is 29.1 Å². The molecule has 1 N–H and O–H groups in total. The van der Waals surface area contributed by atoms with Gasteiger partial charge in [0, 0.05) is 11.8 Å². The minimum Gasteiger partial charge on any atom is -0.344 e. The van der Waals surface area contributed by atoms with Gasteiger partial charge in [-0.15, -0.1) is 23.1 Å². The SMILES string of the molecule is Cc1nc(CSCC(=O)NC(c2ccc(F)cc2)c2cccs2)no1. The Balaban J connectivity index is 1.61. The quantitative estimate of drug-likeness (QED) is 0.680. The third kappa shape index (κ3) is 4.90. The van der Waals surface area contributed by atoms with E-state index in [9.17, 15) is 9.18 Å². The van der Waals surface area contributed by atoms with Gasteiger partial charge in [0.15, 0.2) is 5.82 Å². The van der Waals surface area contributed by atoms with Gasteiger partial charge in [0.05, 0.1) is 17.5 Å². The van der Waals surface area contributed by atoms with E-state index < -0.39 is 0 Å². The number of thiophene rings is 1. The summed E-state index contributed by atoms with van der Waals surface area (Å²) in [5.74, 6) is 1.46. The van der Waals surface area contributed by atoms with Crippen LogP contribution in [-0.2, 0) is 10.5 Å². The lowest BCUT2D eigenvalue weighted by Crippen LogP contribution is -2.30. The number of hydrogen-bond acceptors (Lipinski definition) is 6. The molecule has 0 bridgehead atoms. The summed E-state index contributed by atoms with van der Waals surface area (Å²) in [5, 5.41) is 8.76. The van der Waals surface area contributed by atoms with Crippen LogP contribution in [0.15, 0.2) is 46.3 Å². The first-order chi connectivity index (χ1) is 12.1. The highest BCUT2D eigenvalue weighted by molar-refractivity contribution is 7.99. The Hall–Kier alpha value is -2.19. The molecule has 0 radical (unpaired) electrons. The molecule has 1 aromatic carbocycles. The van der Waals surface area contributed by atoms with E-state index in [1.54, 1.807) is 30.4 Å². The molecule has 25 heavy (non-hydrogen) atoms. The Bertz CT molecular complexity index is 819. The molecule has 2 aromatic heterocycles. The van der Waals surface area contributed by atoms with Gasteiger partial charge in [0.2, 0.25) is 11.8 Å². The number of aryl methyl sites for hydroxylation is 1. The summed E-state index contributed by atoms with van der Waals surface area (Å²) >= 11 is 2.96. The number of nitrogens with one attached hydrogen (secondary N) is 1. The van der Waals surface area contributed by atoms with Gasteiger partial charge in [0.25, 0.3) is 0 Å². The second kappa shape index (κ2) is 8.26. The molecule has 3 aromatic rings. The highest BCUT2D eigenvalue weighted by atomic mass is 32.2. The number of carbonyl (C=O) groups is 1. The molecule has 130 valence electrons. The fourth-order valence-electron chi connectivity index (χ4n) is 2.27. The Morgan fingerprint density at radius 2 is 2.16 bits per heavy atom. The van der Waals surface area contributed by atoms with Crippen molar-refractivity contribution in [1.29, 1.82) is 0 Å². The predicted molar refractivity (Wildman–Crippen MR) is 95.9 cm³/mol. The van der Waals surface area contributed by atoms with Gasteiger partial charge in [-0.1, -0.05) is 23.4 Å². The average molecular weight is 377 g/mol. The van der Waals surface area contributed by atoms with E-state index >= 15 is 0 Å². The predicted octanol–water partition coefficient (Wildman–Crippen LogP) is 3.72. The molecule has 0 aliphatic carbocycles. The second-order valence-electron chi connectivity index (χ2n) is 5.29. The van der Waals surface area contributed by atoms with Crippen LogP contribution in [0, 0.1) is 12.7 Å². The summed E-state index contributed by atoms with van der Waals surface area (Å²) in [7, 11) is 0.